The van der Waals surface area contributed by atoms with Crippen LogP contribution in [0.5, 0.6) is 0 Å². The van der Waals surface area contributed by atoms with Crippen LogP contribution < -0.4 is 16.0 Å². The van der Waals surface area contributed by atoms with Gasteiger partial charge >= 0.3 is 0 Å². The molecule has 5 nitrogen and oxygen atoms in total. The van der Waals surface area contributed by atoms with Crippen molar-refractivity contribution in [1.29, 1.82) is 0 Å². The van der Waals surface area contributed by atoms with Crippen LogP contribution in [-0.2, 0) is 9.59 Å². The molecule has 0 radical (unpaired) electrons. The van der Waals surface area contributed by atoms with E-state index in [-0.39, 0.29) is 17.9 Å². The zero-order valence-corrected chi connectivity index (χ0v) is 12.7. The van der Waals surface area contributed by atoms with Crippen molar-refractivity contribution in [1.82, 2.24) is 5.32 Å². The lowest BCUT2D eigenvalue weighted by atomic mass is 10.1. The number of rotatable bonds is 3. The van der Waals surface area contributed by atoms with Crippen LogP contribution in [0.15, 0.2) is 18.2 Å². The highest BCUT2D eigenvalue weighted by atomic mass is 16.2. The summed E-state index contributed by atoms with van der Waals surface area (Å²) in [7, 11) is 0. The Bertz CT molecular complexity index is 520. The first-order chi connectivity index (χ1) is 10.1. The van der Waals surface area contributed by atoms with Crippen molar-refractivity contribution in [3.63, 3.8) is 0 Å². The fourth-order valence-corrected chi connectivity index (χ4v) is 2.55. The van der Waals surface area contributed by atoms with Crippen LogP contribution >= 0.6 is 0 Å². The van der Waals surface area contributed by atoms with E-state index in [1.54, 1.807) is 0 Å². The highest BCUT2D eigenvalue weighted by Gasteiger charge is 2.19. The Morgan fingerprint density at radius 2 is 2.00 bits per heavy atom. The maximum Gasteiger partial charge on any atom is 0.241 e. The highest BCUT2D eigenvalue weighted by molar-refractivity contribution is 5.95. The van der Waals surface area contributed by atoms with Gasteiger partial charge in [0, 0.05) is 18.3 Å². The molecule has 1 heterocycles. The average molecular weight is 289 g/mol. The summed E-state index contributed by atoms with van der Waals surface area (Å²) in [6.07, 6.45) is 4.29. The highest BCUT2D eigenvalue weighted by Crippen LogP contribution is 2.20. The van der Waals surface area contributed by atoms with E-state index in [4.69, 9.17) is 0 Å². The normalized spacial score (nSPS) is 18.7. The van der Waals surface area contributed by atoms with Crippen LogP contribution in [0.1, 0.15) is 38.2 Å². The lowest BCUT2D eigenvalue weighted by molar-refractivity contribution is -0.118. The van der Waals surface area contributed by atoms with Gasteiger partial charge in [0.2, 0.25) is 11.8 Å². The molecule has 1 saturated heterocycles. The minimum Gasteiger partial charge on any atom is -0.326 e. The summed E-state index contributed by atoms with van der Waals surface area (Å²) in [6, 6.07) is 5.39. The molecule has 0 aliphatic carbocycles. The van der Waals surface area contributed by atoms with E-state index in [9.17, 15) is 9.59 Å². The van der Waals surface area contributed by atoms with Crippen LogP contribution in [0.2, 0.25) is 0 Å². The SMILES string of the molecule is CC(=O)Nc1ccc(NC(=O)C2CCCCCN2)cc1C. The summed E-state index contributed by atoms with van der Waals surface area (Å²) in [5.41, 5.74) is 2.46. The Kier molecular flexibility index (Phi) is 5.33. The number of carbonyl (C=O) groups excluding carboxylic acids is 2. The van der Waals surface area contributed by atoms with Crippen molar-refractivity contribution in [2.45, 2.75) is 45.6 Å². The van der Waals surface area contributed by atoms with Gasteiger partial charge in [0.15, 0.2) is 0 Å². The quantitative estimate of drug-likeness (QED) is 0.800. The van der Waals surface area contributed by atoms with E-state index < -0.39 is 0 Å². The predicted molar refractivity (Wildman–Crippen MR) is 84.4 cm³/mol. The van der Waals surface area contributed by atoms with Crippen molar-refractivity contribution >= 4 is 23.2 Å². The number of hydrogen-bond acceptors (Lipinski definition) is 3. The van der Waals surface area contributed by atoms with E-state index in [1.165, 1.54) is 13.3 Å². The molecule has 1 atom stereocenters. The van der Waals surface area contributed by atoms with Gasteiger partial charge < -0.3 is 16.0 Å². The summed E-state index contributed by atoms with van der Waals surface area (Å²) >= 11 is 0. The number of aryl methyl sites for hydroxylation is 1. The van der Waals surface area contributed by atoms with Crippen LogP contribution in [0.3, 0.4) is 0 Å². The first kappa shape index (κ1) is 15.5. The van der Waals surface area contributed by atoms with Gasteiger partial charge in [-0.1, -0.05) is 12.8 Å². The molecular formula is C16H23N3O2. The van der Waals surface area contributed by atoms with E-state index in [0.717, 1.165) is 42.7 Å². The monoisotopic (exact) mass is 289 g/mol. The summed E-state index contributed by atoms with van der Waals surface area (Å²) in [6.45, 7) is 4.29. The molecule has 2 rings (SSSR count). The minimum atomic E-state index is -0.108. The third kappa shape index (κ3) is 4.56. The molecule has 5 heteroatoms. The zero-order chi connectivity index (χ0) is 15.2. The van der Waals surface area contributed by atoms with Gasteiger partial charge in [-0.2, -0.15) is 0 Å². The van der Waals surface area contributed by atoms with Crippen LogP contribution in [0.4, 0.5) is 11.4 Å². The number of benzene rings is 1. The van der Waals surface area contributed by atoms with E-state index in [1.807, 2.05) is 25.1 Å². The molecule has 3 N–H and O–H groups in total. The van der Waals surface area contributed by atoms with Crippen LogP contribution in [-0.4, -0.2) is 24.4 Å². The van der Waals surface area contributed by atoms with Gasteiger partial charge in [0.25, 0.3) is 0 Å². The number of carbonyl (C=O) groups is 2. The minimum absolute atomic E-state index is 0.0172. The molecule has 1 aromatic rings. The molecular weight excluding hydrogens is 266 g/mol. The summed E-state index contributed by atoms with van der Waals surface area (Å²) in [5.74, 6) is -0.0823. The van der Waals surface area contributed by atoms with Crippen LogP contribution in [0, 0.1) is 6.92 Å². The molecule has 0 spiro atoms. The second kappa shape index (κ2) is 7.22. The van der Waals surface area contributed by atoms with Gasteiger partial charge in [0.1, 0.15) is 0 Å². The van der Waals surface area contributed by atoms with Crippen molar-refractivity contribution in [3.05, 3.63) is 23.8 Å². The second-order valence-electron chi connectivity index (χ2n) is 5.56. The fraction of sp³-hybridized carbons (Fsp3) is 0.500. The number of amides is 2. The van der Waals surface area contributed by atoms with Gasteiger partial charge in [-0.05, 0) is 50.1 Å². The Morgan fingerprint density at radius 1 is 1.19 bits per heavy atom. The number of nitrogens with one attached hydrogen (secondary N) is 3. The molecule has 1 aromatic carbocycles. The third-order valence-electron chi connectivity index (χ3n) is 3.68. The van der Waals surface area contributed by atoms with Crippen molar-refractivity contribution in [2.24, 2.45) is 0 Å². The molecule has 1 aliphatic rings. The lowest BCUT2D eigenvalue weighted by Crippen LogP contribution is -2.39. The van der Waals surface area contributed by atoms with E-state index in [0.29, 0.717) is 0 Å². The molecule has 0 aromatic heterocycles. The molecule has 1 unspecified atom stereocenters. The van der Waals surface area contributed by atoms with Gasteiger partial charge in [-0.25, -0.2) is 0 Å². The largest absolute Gasteiger partial charge is 0.326 e. The maximum absolute atomic E-state index is 12.3. The summed E-state index contributed by atoms with van der Waals surface area (Å²) in [5, 5.41) is 8.99. The molecule has 0 bridgehead atoms. The van der Waals surface area contributed by atoms with Gasteiger partial charge in [-0.15, -0.1) is 0 Å². The zero-order valence-electron chi connectivity index (χ0n) is 12.7. The van der Waals surface area contributed by atoms with Crippen LogP contribution in [0.25, 0.3) is 0 Å². The Balaban J connectivity index is 2.00. The smallest absolute Gasteiger partial charge is 0.241 e. The Hall–Kier alpha value is -1.88. The maximum atomic E-state index is 12.3. The Morgan fingerprint density at radius 3 is 2.71 bits per heavy atom. The van der Waals surface area contributed by atoms with Gasteiger partial charge in [-0.3, -0.25) is 9.59 Å². The molecule has 1 aliphatic heterocycles. The molecule has 2 amide bonds. The second-order valence-corrected chi connectivity index (χ2v) is 5.56. The van der Waals surface area contributed by atoms with E-state index >= 15 is 0 Å². The molecule has 21 heavy (non-hydrogen) atoms. The topological polar surface area (TPSA) is 70.2 Å². The lowest BCUT2D eigenvalue weighted by Gasteiger charge is -2.16. The molecule has 1 fully saturated rings. The predicted octanol–water partition coefficient (Wildman–Crippen LogP) is 2.42. The summed E-state index contributed by atoms with van der Waals surface area (Å²) < 4.78 is 0. The summed E-state index contributed by atoms with van der Waals surface area (Å²) in [4.78, 5) is 23.3. The third-order valence-corrected chi connectivity index (χ3v) is 3.68. The van der Waals surface area contributed by atoms with Crippen molar-refractivity contribution in [2.75, 3.05) is 17.2 Å². The molecule has 114 valence electrons. The first-order valence-electron chi connectivity index (χ1n) is 7.49. The standard InChI is InChI=1S/C16H23N3O2/c1-11-10-13(7-8-14(11)18-12(2)20)19-16(21)15-6-4-3-5-9-17-15/h7-8,10,15,17H,3-6,9H2,1-2H3,(H,18,20)(H,19,21). The first-order valence-corrected chi connectivity index (χ1v) is 7.49. The number of hydrogen-bond donors (Lipinski definition) is 3. The van der Waals surface area contributed by atoms with Crippen molar-refractivity contribution < 1.29 is 9.59 Å². The van der Waals surface area contributed by atoms with Crippen molar-refractivity contribution in [3.8, 4) is 0 Å². The molecule has 0 saturated carbocycles. The van der Waals surface area contributed by atoms with Gasteiger partial charge in [0.05, 0.1) is 6.04 Å². The van der Waals surface area contributed by atoms with E-state index in [2.05, 4.69) is 16.0 Å². The Labute approximate surface area is 125 Å². The number of anilines is 2. The average Bonchev–Trinajstić information content (AvgIpc) is 2.70. The fourth-order valence-electron chi connectivity index (χ4n) is 2.55.